The second-order valence-electron chi connectivity index (χ2n) is 4.38. The molecule has 0 fully saturated rings. The highest BCUT2D eigenvalue weighted by atomic mass is 79.9. The van der Waals surface area contributed by atoms with Crippen molar-refractivity contribution < 1.29 is 19.0 Å². The van der Waals surface area contributed by atoms with Crippen molar-refractivity contribution in [1.29, 1.82) is 0 Å². The average molecular weight is 478 g/mol. The number of hydrogen-bond acceptors (Lipinski definition) is 4. The van der Waals surface area contributed by atoms with Crippen molar-refractivity contribution in [3.8, 4) is 11.5 Å². The zero-order chi connectivity index (χ0) is 19.4. The van der Waals surface area contributed by atoms with Gasteiger partial charge in [-0.15, -0.1) is 0 Å². The van der Waals surface area contributed by atoms with Gasteiger partial charge < -0.3 is 14.2 Å². The van der Waals surface area contributed by atoms with E-state index in [0.29, 0.717) is 22.4 Å². The number of allylic oxidation sites excluding steroid dienone is 1. The van der Waals surface area contributed by atoms with Gasteiger partial charge >= 0.3 is 5.97 Å². The van der Waals surface area contributed by atoms with Crippen molar-refractivity contribution in [2.45, 2.75) is 47.1 Å². The van der Waals surface area contributed by atoms with Crippen molar-refractivity contribution in [2.75, 3.05) is 7.11 Å². The summed E-state index contributed by atoms with van der Waals surface area (Å²) in [5.41, 5.74) is 0. The third-order valence-electron chi connectivity index (χ3n) is 2.77. The highest BCUT2D eigenvalue weighted by Crippen LogP contribution is 2.32. The van der Waals surface area contributed by atoms with Crippen molar-refractivity contribution in [3.05, 3.63) is 45.1 Å². The van der Waals surface area contributed by atoms with Crippen LogP contribution in [-0.2, 0) is 9.53 Å². The van der Waals surface area contributed by atoms with Crippen LogP contribution in [0, 0.1) is 0 Å². The molecule has 0 bridgehead atoms. The fourth-order valence-corrected chi connectivity index (χ4v) is 2.91. The molecule has 0 spiro atoms. The maximum absolute atomic E-state index is 11.0. The van der Waals surface area contributed by atoms with Crippen molar-refractivity contribution in [1.82, 2.24) is 0 Å². The molecule has 0 N–H and O–H groups in total. The number of benzene rings is 1. The van der Waals surface area contributed by atoms with Gasteiger partial charge in [0.25, 0.3) is 0 Å². The molecule has 0 aliphatic heterocycles. The summed E-state index contributed by atoms with van der Waals surface area (Å²) < 4.78 is 17.8. The van der Waals surface area contributed by atoms with Gasteiger partial charge in [0.1, 0.15) is 23.4 Å². The summed E-state index contributed by atoms with van der Waals surface area (Å²) in [7, 11) is 1.63. The molecule has 1 atom stereocenters. The minimum atomic E-state index is -0.360. The largest absolute Gasteiger partial charge is 0.496 e. The molecule has 0 aromatic heterocycles. The Bertz CT molecular complexity index is 609. The molecule has 0 heterocycles. The molecule has 1 unspecified atom stereocenters. The van der Waals surface area contributed by atoms with E-state index in [1.807, 2.05) is 39.8 Å². The Morgan fingerprint density at radius 3 is 2.28 bits per heavy atom. The Labute approximate surface area is 167 Å². The SMILES string of the molecule is CC.CC.COC1=C(Br)CC(Oc2ccc(OC(C)=O)c(Br)c2)C=C1. The molecule has 1 aromatic carbocycles. The smallest absolute Gasteiger partial charge is 0.308 e. The molecule has 140 valence electrons. The highest BCUT2D eigenvalue weighted by molar-refractivity contribution is 9.11. The predicted octanol–water partition coefficient (Wildman–Crippen LogP) is 6.39. The number of esters is 1. The lowest BCUT2D eigenvalue weighted by atomic mass is 10.1. The van der Waals surface area contributed by atoms with E-state index in [0.717, 1.165) is 10.2 Å². The Hall–Kier alpha value is -1.27. The van der Waals surface area contributed by atoms with E-state index in [9.17, 15) is 4.79 Å². The van der Waals surface area contributed by atoms with Crippen LogP contribution in [0.2, 0.25) is 0 Å². The number of halogens is 2. The van der Waals surface area contributed by atoms with E-state index < -0.39 is 0 Å². The third-order valence-corrected chi connectivity index (χ3v) is 4.11. The number of rotatable bonds is 4. The van der Waals surface area contributed by atoms with E-state index in [-0.39, 0.29) is 12.1 Å². The lowest BCUT2D eigenvalue weighted by Gasteiger charge is -2.20. The summed E-state index contributed by atoms with van der Waals surface area (Å²) in [6.45, 7) is 9.36. The summed E-state index contributed by atoms with van der Waals surface area (Å²) in [6.07, 6.45) is 4.44. The molecule has 0 radical (unpaired) electrons. The summed E-state index contributed by atoms with van der Waals surface area (Å²) in [5, 5.41) is 0. The topological polar surface area (TPSA) is 44.8 Å². The van der Waals surface area contributed by atoms with Gasteiger partial charge in [0, 0.05) is 17.8 Å². The first kappa shape index (κ1) is 23.7. The van der Waals surface area contributed by atoms with E-state index in [2.05, 4.69) is 31.9 Å². The normalized spacial score (nSPS) is 15.3. The van der Waals surface area contributed by atoms with Crippen LogP contribution in [0.5, 0.6) is 11.5 Å². The van der Waals surface area contributed by atoms with Crippen LogP contribution >= 0.6 is 31.9 Å². The summed E-state index contributed by atoms with van der Waals surface area (Å²) in [4.78, 5) is 11.0. The molecule has 0 amide bonds. The summed E-state index contributed by atoms with van der Waals surface area (Å²) in [6, 6.07) is 5.23. The second kappa shape index (κ2) is 13.0. The van der Waals surface area contributed by atoms with Gasteiger partial charge in [-0.05, 0) is 46.3 Å². The van der Waals surface area contributed by atoms with Crippen molar-refractivity contribution in [2.24, 2.45) is 0 Å². The zero-order valence-corrected chi connectivity index (χ0v) is 18.7. The second-order valence-corrected chi connectivity index (χ2v) is 6.19. The van der Waals surface area contributed by atoms with E-state index >= 15 is 0 Å². The molecule has 25 heavy (non-hydrogen) atoms. The van der Waals surface area contributed by atoms with E-state index in [1.165, 1.54) is 6.92 Å². The molecular weight excluding hydrogens is 452 g/mol. The number of carbonyl (C=O) groups is 1. The van der Waals surface area contributed by atoms with E-state index in [4.69, 9.17) is 14.2 Å². The maximum atomic E-state index is 11.0. The van der Waals surface area contributed by atoms with Gasteiger partial charge in [-0.25, -0.2) is 0 Å². The Kier molecular flexibility index (Phi) is 12.3. The third kappa shape index (κ3) is 8.10. The first-order valence-corrected chi connectivity index (χ1v) is 9.83. The highest BCUT2D eigenvalue weighted by Gasteiger charge is 2.17. The van der Waals surface area contributed by atoms with Crippen molar-refractivity contribution >= 4 is 37.8 Å². The molecular formula is C19H26Br2O4. The molecule has 6 heteroatoms. The van der Waals surface area contributed by atoms with Gasteiger partial charge in [0.15, 0.2) is 0 Å². The molecule has 0 saturated carbocycles. The standard InChI is InChI=1S/C15H14Br2O4.2C2H6/c1-9(18)20-15-6-4-11(8-13(15)17)21-10-3-5-14(19-2)12(16)7-10;2*1-2/h3-6,8,10H,7H2,1-2H3;2*1-2H3. The van der Waals surface area contributed by atoms with Crippen LogP contribution in [0.4, 0.5) is 0 Å². The van der Waals surface area contributed by atoms with Gasteiger partial charge in [0.2, 0.25) is 0 Å². The number of hydrogen-bond donors (Lipinski definition) is 0. The first-order valence-electron chi connectivity index (χ1n) is 8.25. The number of carbonyl (C=O) groups excluding carboxylic acids is 1. The van der Waals surface area contributed by atoms with Crippen molar-refractivity contribution in [3.63, 3.8) is 0 Å². The lowest BCUT2D eigenvalue weighted by molar-refractivity contribution is -0.131. The van der Waals surface area contributed by atoms with Gasteiger partial charge in [-0.1, -0.05) is 43.6 Å². The van der Waals surface area contributed by atoms with Gasteiger partial charge in [0.05, 0.1) is 11.6 Å². The van der Waals surface area contributed by atoms with Crippen LogP contribution in [0.3, 0.4) is 0 Å². The molecule has 0 saturated heterocycles. The van der Waals surface area contributed by atoms with Crippen LogP contribution in [0.25, 0.3) is 0 Å². The Balaban J connectivity index is 0.00000134. The minimum absolute atomic E-state index is 0.0789. The van der Waals surface area contributed by atoms with E-state index in [1.54, 1.807) is 25.3 Å². The first-order chi connectivity index (χ1) is 12.0. The lowest BCUT2D eigenvalue weighted by Crippen LogP contribution is -2.17. The number of ether oxygens (including phenoxy) is 3. The van der Waals surface area contributed by atoms with Crippen LogP contribution < -0.4 is 9.47 Å². The summed E-state index contributed by atoms with van der Waals surface area (Å²) in [5.74, 6) is 1.60. The molecule has 2 rings (SSSR count). The van der Waals surface area contributed by atoms with Crippen LogP contribution in [0.15, 0.2) is 45.1 Å². The summed E-state index contributed by atoms with van der Waals surface area (Å²) >= 11 is 6.84. The predicted molar refractivity (Wildman–Crippen MR) is 109 cm³/mol. The zero-order valence-electron chi connectivity index (χ0n) is 15.6. The maximum Gasteiger partial charge on any atom is 0.308 e. The fraction of sp³-hybridized carbons (Fsp3) is 0.421. The fourth-order valence-electron chi connectivity index (χ4n) is 1.86. The molecule has 1 aliphatic carbocycles. The Morgan fingerprint density at radius 2 is 1.80 bits per heavy atom. The van der Waals surface area contributed by atoms with Gasteiger partial charge in [-0.2, -0.15) is 0 Å². The molecule has 1 aromatic rings. The number of methoxy groups -OCH3 is 1. The van der Waals surface area contributed by atoms with Crippen LogP contribution in [0.1, 0.15) is 41.0 Å². The quantitative estimate of drug-likeness (QED) is 0.372. The molecule has 4 nitrogen and oxygen atoms in total. The van der Waals surface area contributed by atoms with Crippen LogP contribution in [-0.4, -0.2) is 19.2 Å². The molecule has 1 aliphatic rings. The monoisotopic (exact) mass is 476 g/mol. The minimum Gasteiger partial charge on any atom is -0.496 e. The average Bonchev–Trinajstić information content (AvgIpc) is 2.61. The Morgan fingerprint density at radius 1 is 1.16 bits per heavy atom. The van der Waals surface area contributed by atoms with Gasteiger partial charge in [-0.3, -0.25) is 4.79 Å².